The van der Waals surface area contributed by atoms with E-state index in [4.69, 9.17) is 5.11 Å². The second kappa shape index (κ2) is 5.58. The van der Waals surface area contributed by atoms with Gasteiger partial charge in [0.05, 0.1) is 0 Å². The monoisotopic (exact) mass is 228 g/mol. The highest BCUT2D eigenvalue weighted by Crippen LogP contribution is 2.16. The molecule has 0 radical (unpaired) electrons. The average molecular weight is 228 g/mol. The summed E-state index contributed by atoms with van der Waals surface area (Å²) in [5, 5.41) is 8.41. The Kier molecular flexibility index (Phi) is 4.40. The lowest BCUT2D eigenvalue weighted by Gasteiger charge is -2.04. The highest BCUT2D eigenvalue weighted by molar-refractivity contribution is 5.66. The molecule has 4 heteroatoms. The van der Waals surface area contributed by atoms with Gasteiger partial charge in [-0.25, -0.2) is 8.78 Å². The standard InChI is InChI=1S/C12H14F2O2/c1-8-6-11(14)9(7-10(8)13)4-2-3-5-12(15)16/h6-7H,2-5H2,1H3,(H,15,16). The lowest BCUT2D eigenvalue weighted by Crippen LogP contribution is -1.98. The van der Waals surface area contributed by atoms with Crippen LogP contribution in [0.1, 0.15) is 30.4 Å². The Bertz CT molecular complexity index is 389. The van der Waals surface area contributed by atoms with Crippen molar-refractivity contribution in [2.24, 2.45) is 0 Å². The molecule has 1 aromatic carbocycles. The number of aryl methyl sites for hydroxylation is 2. The molecule has 0 bridgehead atoms. The predicted octanol–water partition coefficient (Wildman–Crippen LogP) is 3.07. The van der Waals surface area contributed by atoms with E-state index >= 15 is 0 Å². The molecule has 88 valence electrons. The van der Waals surface area contributed by atoms with Crippen LogP contribution in [0, 0.1) is 18.6 Å². The quantitative estimate of drug-likeness (QED) is 0.786. The number of halogens is 2. The maximum absolute atomic E-state index is 13.3. The number of benzene rings is 1. The number of aliphatic carboxylic acids is 1. The van der Waals surface area contributed by atoms with Crippen LogP contribution >= 0.6 is 0 Å². The SMILES string of the molecule is Cc1cc(F)c(CCCCC(=O)O)cc1F. The maximum atomic E-state index is 13.3. The topological polar surface area (TPSA) is 37.3 Å². The lowest BCUT2D eigenvalue weighted by molar-refractivity contribution is -0.137. The van der Waals surface area contributed by atoms with Crippen LogP contribution in [0.5, 0.6) is 0 Å². The summed E-state index contributed by atoms with van der Waals surface area (Å²) in [5.74, 6) is -1.71. The molecular weight excluding hydrogens is 214 g/mol. The van der Waals surface area contributed by atoms with Gasteiger partial charge in [-0.1, -0.05) is 0 Å². The van der Waals surface area contributed by atoms with E-state index in [2.05, 4.69) is 0 Å². The van der Waals surface area contributed by atoms with Crippen LogP contribution in [0.4, 0.5) is 8.78 Å². The number of unbranched alkanes of at least 4 members (excludes halogenated alkanes) is 1. The van der Waals surface area contributed by atoms with Crippen LogP contribution in [-0.4, -0.2) is 11.1 Å². The number of carbonyl (C=O) groups is 1. The number of hydrogen-bond acceptors (Lipinski definition) is 1. The highest BCUT2D eigenvalue weighted by Gasteiger charge is 2.07. The van der Waals surface area contributed by atoms with E-state index in [1.165, 1.54) is 19.1 Å². The highest BCUT2D eigenvalue weighted by atomic mass is 19.1. The van der Waals surface area contributed by atoms with Crippen LogP contribution in [0.15, 0.2) is 12.1 Å². The summed E-state index contributed by atoms with van der Waals surface area (Å²) in [6.45, 7) is 1.51. The summed E-state index contributed by atoms with van der Waals surface area (Å²) in [5.41, 5.74) is 0.597. The number of carboxylic acid groups (broad SMARTS) is 1. The van der Waals surface area contributed by atoms with E-state index in [0.29, 0.717) is 24.8 Å². The Morgan fingerprint density at radius 1 is 1.25 bits per heavy atom. The number of rotatable bonds is 5. The van der Waals surface area contributed by atoms with Crippen LogP contribution in [0.3, 0.4) is 0 Å². The van der Waals surface area contributed by atoms with Crippen molar-refractivity contribution in [1.29, 1.82) is 0 Å². The first-order valence-electron chi connectivity index (χ1n) is 5.17. The molecule has 0 heterocycles. The molecule has 0 amide bonds. The van der Waals surface area contributed by atoms with Gasteiger partial charge in [-0.15, -0.1) is 0 Å². The van der Waals surface area contributed by atoms with Crippen molar-refractivity contribution >= 4 is 5.97 Å². The Labute approximate surface area is 92.9 Å². The van der Waals surface area contributed by atoms with Gasteiger partial charge < -0.3 is 5.11 Å². The third-order valence-electron chi connectivity index (χ3n) is 2.41. The summed E-state index contributed by atoms with van der Waals surface area (Å²) in [6, 6.07) is 2.35. The van der Waals surface area contributed by atoms with Gasteiger partial charge in [0.2, 0.25) is 0 Å². The Balaban J connectivity index is 2.54. The second-order valence-electron chi connectivity index (χ2n) is 3.79. The molecule has 0 atom stereocenters. The molecule has 0 aliphatic heterocycles. The third kappa shape index (κ3) is 3.61. The van der Waals surface area contributed by atoms with Crippen molar-refractivity contribution in [1.82, 2.24) is 0 Å². The molecule has 0 aromatic heterocycles. The zero-order valence-electron chi connectivity index (χ0n) is 9.09. The zero-order valence-corrected chi connectivity index (χ0v) is 9.09. The Morgan fingerprint density at radius 3 is 2.56 bits per heavy atom. The summed E-state index contributed by atoms with van der Waals surface area (Å²) >= 11 is 0. The first kappa shape index (κ1) is 12.6. The molecule has 16 heavy (non-hydrogen) atoms. The molecule has 2 nitrogen and oxygen atoms in total. The van der Waals surface area contributed by atoms with Crippen molar-refractivity contribution in [3.05, 3.63) is 34.9 Å². The molecule has 0 aliphatic carbocycles. The molecule has 0 saturated heterocycles. The fourth-order valence-corrected chi connectivity index (χ4v) is 1.47. The Hall–Kier alpha value is -1.45. The molecule has 0 aliphatic rings. The van der Waals surface area contributed by atoms with Gasteiger partial charge in [0.25, 0.3) is 0 Å². The van der Waals surface area contributed by atoms with Crippen molar-refractivity contribution in [2.75, 3.05) is 0 Å². The van der Waals surface area contributed by atoms with Crippen LogP contribution < -0.4 is 0 Å². The molecular formula is C12H14F2O2. The number of hydrogen-bond donors (Lipinski definition) is 1. The lowest BCUT2D eigenvalue weighted by atomic mass is 10.0. The summed E-state index contributed by atoms with van der Waals surface area (Å²) in [7, 11) is 0. The van der Waals surface area contributed by atoms with E-state index in [-0.39, 0.29) is 12.0 Å². The van der Waals surface area contributed by atoms with E-state index < -0.39 is 17.6 Å². The van der Waals surface area contributed by atoms with Gasteiger partial charge in [0, 0.05) is 6.42 Å². The molecule has 1 rings (SSSR count). The van der Waals surface area contributed by atoms with Gasteiger partial charge >= 0.3 is 5.97 Å². The van der Waals surface area contributed by atoms with Crippen LogP contribution in [0.2, 0.25) is 0 Å². The summed E-state index contributed by atoms with van der Waals surface area (Å²) < 4.78 is 26.5. The average Bonchev–Trinajstić information content (AvgIpc) is 2.19. The van der Waals surface area contributed by atoms with Crippen LogP contribution in [-0.2, 0) is 11.2 Å². The predicted molar refractivity (Wildman–Crippen MR) is 56.3 cm³/mol. The van der Waals surface area contributed by atoms with Gasteiger partial charge in [-0.2, -0.15) is 0 Å². The first-order chi connectivity index (χ1) is 7.50. The third-order valence-corrected chi connectivity index (χ3v) is 2.41. The van der Waals surface area contributed by atoms with Crippen molar-refractivity contribution in [3.63, 3.8) is 0 Å². The van der Waals surface area contributed by atoms with Crippen LogP contribution in [0.25, 0.3) is 0 Å². The minimum atomic E-state index is -0.865. The van der Waals surface area contributed by atoms with E-state index in [1.54, 1.807) is 0 Å². The van der Waals surface area contributed by atoms with Gasteiger partial charge in [0.1, 0.15) is 11.6 Å². The smallest absolute Gasteiger partial charge is 0.303 e. The van der Waals surface area contributed by atoms with Crippen molar-refractivity contribution in [3.8, 4) is 0 Å². The van der Waals surface area contributed by atoms with Crippen molar-refractivity contribution in [2.45, 2.75) is 32.6 Å². The summed E-state index contributed by atoms with van der Waals surface area (Å²) in [6.07, 6.45) is 1.46. The van der Waals surface area contributed by atoms with E-state index in [1.807, 2.05) is 0 Å². The molecule has 0 fully saturated rings. The fraction of sp³-hybridized carbons (Fsp3) is 0.417. The molecule has 1 N–H and O–H groups in total. The van der Waals surface area contributed by atoms with Gasteiger partial charge in [0.15, 0.2) is 0 Å². The van der Waals surface area contributed by atoms with E-state index in [9.17, 15) is 13.6 Å². The normalized spacial score (nSPS) is 10.4. The molecule has 0 spiro atoms. The first-order valence-corrected chi connectivity index (χ1v) is 5.17. The fourth-order valence-electron chi connectivity index (χ4n) is 1.47. The Morgan fingerprint density at radius 2 is 1.94 bits per heavy atom. The van der Waals surface area contributed by atoms with Gasteiger partial charge in [-0.3, -0.25) is 4.79 Å². The summed E-state index contributed by atoms with van der Waals surface area (Å²) in [4.78, 5) is 10.2. The minimum absolute atomic E-state index is 0.0654. The molecule has 0 saturated carbocycles. The zero-order chi connectivity index (χ0) is 12.1. The minimum Gasteiger partial charge on any atom is -0.481 e. The second-order valence-corrected chi connectivity index (χ2v) is 3.79. The molecule has 1 aromatic rings. The maximum Gasteiger partial charge on any atom is 0.303 e. The number of carboxylic acids is 1. The molecule has 0 unspecified atom stereocenters. The van der Waals surface area contributed by atoms with Crippen molar-refractivity contribution < 1.29 is 18.7 Å². The largest absolute Gasteiger partial charge is 0.481 e. The van der Waals surface area contributed by atoms with E-state index in [0.717, 1.165) is 0 Å². The van der Waals surface area contributed by atoms with Gasteiger partial charge in [-0.05, 0) is 49.4 Å².